The molecule has 7 heteroatoms. The first-order chi connectivity index (χ1) is 12.4. The molecule has 26 heavy (non-hydrogen) atoms. The van der Waals surface area contributed by atoms with Crippen molar-refractivity contribution >= 4 is 16.7 Å². The van der Waals surface area contributed by atoms with E-state index in [0.29, 0.717) is 45.0 Å². The van der Waals surface area contributed by atoms with E-state index in [2.05, 4.69) is 27.7 Å². The van der Waals surface area contributed by atoms with Crippen LogP contribution in [0, 0.1) is 35.4 Å². The molecular weight excluding hydrogens is 331 g/mol. The molecule has 0 bridgehead atoms. The number of aromatic amines is 1. The molecule has 1 aromatic carbocycles. The van der Waals surface area contributed by atoms with Crippen molar-refractivity contribution < 1.29 is 4.39 Å². The number of nitrogens with zero attached hydrogens (tertiary/aromatic N) is 4. The van der Waals surface area contributed by atoms with Crippen molar-refractivity contribution in [1.29, 1.82) is 10.5 Å². The molecule has 0 saturated carbocycles. The van der Waals surface area contributed by atoms with Crippen LogP contribution in [0.4, 0.5) is 10.2 Å². The topological polar surface area (TPSA) is 91.5 Å². The molecule has 2 N–H and O–H groups in total. The van der Waals surface area contributed by atoms with Crippen molar-refractivity contribution in [3.63, 3.8) is 0 Å². The summed E-state index contributed by atoms with van der Waals surface area (Å²) in [5, 5.41) is 30.1. The molecule has 132 valence electrons. The van der Waals surface area contributed by atoms with Gasteiger partial charge in [0.2, 0.25) is 0 Å². The molecule has 3 rings (SSSR count). The molecule has 0 unspecified atom stereocenters. The first kappa shape index (κ1) is 17.5. The summed E-state index contributed by atoms with van der Waals surface area (Å²) in [6.45, 7) is 5.28. The fourth-order valence-corrected chi connectivity index (χ4v) is 3.50. The first-order valence-corrected chi connectivity index (χ1v) is 8.17. The van der Waals surface area contributed by atoms with Crippen LogP contribution in [0.2, 0.25) is 0 Å². The van der Waals surface area contributed by atoms with Gasteiger partial charge in [0.1, 0.15) is 5.82 Å². The summed E-state index contributed by atoms with van der Waals surface area (Å²) in [5.74, 6) is -0.570. The molecule has 0 spiro atoms. The second-order valence-corrected chi connectivity index (χ2v) is 6.36. The monoisotopic (exact) mass is 350 g/mol. The van der Waals surface area contributed by atoms with E-state index < -0.39 is 11.7 Å². The Morgan fingerprint density at radius 2 is 1.77 bits per heavy atom. The van der Waals surface area contributed by atoms with Crippen molar-refractivity contribution in [2.45, 2.75) is 26.7 Å². The standard InChI is InChI=1S/C19H19FN6/c1-9-17(20)12(6-13-18(9)24-25-19(13)23-4)16-14(7-21)10(2)26(5)11(3)15(16)8-22/h6,16H,1-5H3,(H2,23,24,25). The van der Waals surface area contributed by atoms with E-state index in [0.717, 1.165) is 5.39 Å². The van der Waals surface area contributed by atoms with Gasteiger partial charge in [-0.15, -0.1) is 0 Å². The quantitative estimate of drug-likeness (QED) is 0.862. The minimum Gasteiger partial charge on any atom is -0.371 e. The molecule has 1 aromatic heterocycles. The lowest BCUT2D eigenvalue weighted by molar-refractivity contribution is 0.486. The maximum Gasteiger partial charge on any atom is 0.155 e. The first-order valence-electron chi connectivity index (χ1n) is 8.17. The van der Waals surface area contributed by atoms with E-state index in [1.807, 2.05) is 13.8 Å². The van der Waals surface area contributed by atoms with Crippen molar-refractivity contribution in [2.75, 3.05) is 19.4 Å². The number of benzene rings is 1. The molecule has 0 saturated heterocycles. The van der Waals surface area contributed by atoms with Crippen molar-refractivity contribution in [2.24, 2.45) is 0 Å². The molecule has 0 radical (unpaired) electrons. The maximum atomic E-state index is 15.3. The van der Waals surface area contributed by atoms with Gasteiger partial charge in [-0.2, -0.15) is 15.6 Å². The summed E-state index contributed by atoms with van der Waals surface area (Å²) >= 11 is 0. The number of anilines is 1. The fourth-order valence-electron chi connectivity index (χ4n) is 3.50. The average Bonchev–Trinajstić information content (AvgIpc) is 3.05. The summed E-state index contributed by atoms with van der Waals surface area (Å²) < 4.78 is 15.3. The Labute approximate surface area is 151 Å². The third-order valence-electron chi connectivity index (χ3n) is 5.21. The number of aromatic nitrogens is 2. The van der Waals surface area contributed by atoms with E-state index in [4.69, 9.17) is 0 Å². The summed E-state index contributed by atoms with van der Waals surface area (Å²) in [6.07, 6.45) is 0. The van der Waals surface area contributed by atoms with Crippen LogP contribution in [-0.2, 0) is 0 Å². The molecular formula is C19H19FN6. The predicted molar refractivity (Wildman–Crippen MR) is 97.5 cm³/mol. The van der Waals surface area contributed by atoms with Crippen LogP contribution < -0.4 is 5.32 Å². The van der Waals surface area contributed by atoms with Crippen molar-refractivity contribution in [1.82, 2.24) is 15.1 Å². The van der Waals surface area contributed by atoms with Crippen LogP contribution in [0.15, 0.2) is 28.6 Å². The van der Waals surface area contributed by atoms with Gasteiger partial charge in [-0.25, -0.2) is 4.39 Å². The van der Waals surface area contributed by atoms with Crippen LogP contribution >= 0.6 is 0 Å². The third kappa shape index (κ3) is 2.25. The Morgan fingerprint density at radius 1 is 1.19 bits per heavy atom. The molecule has 2 aromatic rings. The summed E-state index contributed by atoms with van der Waals surface area (Å²) in [4.78, 5) is 1.80. The van der Waals surface area contributed by atoms with Crippen LogP contribution in [-0.4, -0.2) is 29.2 Å². The Bertz CT molecular complexity index is 1020. The zero-order chi connectivity index (χ0) is 19.2. The largest absolute Gasteiger partial charge is 0.371 e. The van der Waals surface area contributed by atoms with E-state index in [1.54, 1.807) is 32.0 Å². The highest BCUT2D eigenvalue weighted by molar-refractivity contribution is 5.93. The highest BCUT2D eigenvalue weighted by Gasteiger charge is 2.34. The van der Waals surface area contributed by atoms with Crippen molar-refractivity contribution in [3.05, 3.63) is 45.6 Å². The Hall–Kier alpha value is -3.32. The van der Waals surface area contributed by atoms with Gasteiger partial charge < -0.3 is 10.2 Å². The summed E-state index contributed by atoms with van der Waals surface area (Å²) in [7, 11) is 3.54. The highest BCUT2D eigenvalue weighted by Crippen LogP contribution is 2.43. The molecule has 0 fully saturated rings. The van der Waals surface area contributed by atoms with Crippen LogP contribution in [0.3, 0.4) is 0 Å². The molecule has 0 aliphatic carbocycles. The fraction of sp³-hybridized carbons (Fsp3) is 0.316. The van der Waals surface area contributed by atoms with Gasteiger partial charge in [-0.1, -0.05) is 0 Å². The van der Waals surface area contributed by atoms with Gasteiger partial charge in [0.05, 0.1) is 34.7 Å². The zero-order valence-electron chi connectivity index (χ0n) is 15.3. The van der Waals surface area contributed by atoms with Crippen LogP contribution in [0.25, 0.3) is 10.9 Å². The normalized spacial score (nSPS) is 15.5. The lowest BCUT2D eigenvalue weighted by Gasteiger charge is -2.33. The van der Waals surface area contributed by atoms with Gasteiger partial charge in [-0.05, 0) is 26.8 Å². The molecule has 1 aliphatic rings. The molecule has 1 aliphatic heterocycles. The van der Waals surface area contributed by atoms with E-state index in [-0.39, 0.29) is 0 Å². The van der Waals surface area contributed by atoms with Gasteiger partial charge >= 0.3 is 0 Å². The predicted octanol–water partition coefficient (Wildman–Crippen LogP) is 3.68. The SMILES string of the molecule is CNc1n[nH]c2c(C)c(F)c(C3C(C#N)=C(C)N(C)C(C)=C3C#N)cc12. The maximum absolute atomic E-state index is 15.3. The number of hydrogen-bond acceptors (Lipinski definition) is 5. The van der Waals surface area contributed by atoms with E-state index >= 15 is 4.39 Å². The summed E-state index contributed by atoms with van der Waals surface area (Å²) in [5.41, 5.74) is 3.51. The number of H-pyrrole nitrogens is 1. The smallest absolute Gasteiger partial charge is 0.155 e. The second kappa shape index (κ2) is 6.20. The molecule has 0 atom stereocenters. The molecule has 2 heterocycles. The van der Waals surface area contributed by atoms with Gasteiger partial charge in [0.25, 0.3) is 0 Å². The number of rotatable bonds is 2. The number of halogens is 1. The minimum atomic E-state index is -0.732. The Balaban J connectivity index is 2.39. The molecule has 0 amide bonds. The average molecular weight is 350 g/mol. The highest BCUT2D eigenvalue weighted by atomic mass is 19.1. The Kier molecular flexibility index (Phi) is 4.17. The third-order valence-corrected chi connectivity index (χ3v) is 5.21. The van der Waals surface area contributed by atoms with Crippen molar-refractivity contribution in [3.8, 4) is 12.1 Å². The van der Waals surface area contributed by atoms with Gasteiger partial charge in [0.15, 0.2) is 5.82 Å². The van der Waals surface area contributed by atoms with Crippen LogP contribution in [0.5, 0.6) is 0 Å². The number of fused-ring (bicyclic) bond motifs is 1. The van der Waals surface area contributed by atoms with E-state index in [9.17, 15) is 10.5 Å². The van der Waals surface area contributed by atoms with Crippen LogP contribution in [0.1, 0.15) is 30.9 Å². The number of aryl methyl sites for hydroxylation is 1. The Morgan fingerprint density at radius 3 is 2.27 bits per heavy atom. The van der Waals surface area contributed by atoms with E-state index in [1.165, 1.54) is 0 Å². The number of hydrogen-bond donors (Lipinski definition) is 2. The lowest BCUT2D eigenvalue weighted by Crippen LogP contribution is -2.26. The lowest BCUT2D eigenvalue weighted by atomic mass is 9.80. The minimum absolute atomic E-state index is 0.313. The second-order valence-electron chi connectivity index (χ2n) is 6.36. The number of nitrogens with one attached hydrogen (secondary N) is 2. The number of nitriles is 2. The van der Waals surface area contributed by atoms with Gasteiger partial charge in [-0.3, -0.25) is 5.10 Å². The zero-order valence-corrected chi connectivity index (χ0v) is 15.3. The molecule has 6 nitrogen and oxygen atoms in total. The van der Waals surface area contributed by atoms with Gasteiger partial charge in [0, 0.05) is 42.0 Å². The summed E-state index contributed by atoms with van der Waals surface area (Å²) in [6, 6.07) is 6.04. The number of allylic oxidation sites excluding steroid dienone is 4.